The third-order valence-electron chi connectivity index (χ3n) is 8.67. The van der Waals surface area contributed by atoms with Crippen molar-refractivity contribution in [3.63, 3.8) is 0 Å². The molecule has 0 radical (unpaired) electrons. The number of aliphatic hydroxyl groups is 2. The minimum absolute atomic E-state index is 0.188. The number of Topliss-reactive ketones (excluding diaryl/α,β-unsaturated/α-hetero) is 1. The number of aryl methyl sites for hydroxylation is 1. The number of fused-ring (bicyclic) bond motifs is 1. The molecule has 0 spiro atoms. The standard InChI is InChI=1S/C28H39NO3S/c1-17(7-12-25(31)27-29-18(2)16-33-27)23-10-11-24-20(6-5-13-28(23,24)4)8-9-21-14-22(30)15-26(32)19(21)3/h8-9,16-17,22-24,26,30,32H,3,5-7,10-15H2,1-2,4H3/t17-,22-,23-,24+,26+,28-/m1/s1. The summed E-state index contributed by atoms with van der Waals surface area (Å²) in [5.74, 6) is 1.93. The molecule has 3 fully saturated rings. The van der Waals surface area contributed by atoms with E-state index in [2.05, 4.69) is 37.6 Å². The van der Waals surface area contributed by atoms with Gasteiger partial charge in [-0.1, -0.05) is 38.2 Å². The van der Waals surface area contributed by atoms with Crippen molar-refractivity contribution in [2.45, 2.75) is 90.8 Å². The van der Waals surface area contributed by atoms with E-state index in [1.807, 2.05) is 12.3 Å². The van der Waals surface area contributed by atoms with E-state index in [4.69, 9.17) is 0 Å². The zero-order chi connectivity index (χ0) is 23.8. The Balaban J connectivity index is 1.43. The molecule has 0 unspecified atom stereocenters. The minimum Gasteiger partial charge on any atom is -0.393 e. The van der Waals surface area contributed by atoms with Crippen molar-refractivity contribution in [2.75, 3.05) is 0 Å². The van der Waals surface area contributed by atoms with Gasteiger partial charge in [-0.25, -0.2) is 4.98 Å². The Hall–Kier alpha value is -1.56. The molecular weight excluding hydrogens is 430 g/mol. The molecule has 3 saturated carbocycles. The van der Waals surface area contributed by atoms with Gasteiger partial charge in [0.15, 0.2) is 10.8 Å². The number of nitrogens with zero attached hydrogens (tertiary/aromatic N) is 1. The predicted molar refractivity (Wildman–Crippen MR) is 134 cm³/mol. The number of hydrogen-bond acceptors (Lipinski definition) is 5. The topological polar surface area (TPSA) is 70.4 Å². The number of ketones is 1. The molecule has 4 nitrogen and oxygen atoms in total. The van der Waals surface area contributed by atoms with E-state index in [1.54, 1.807) is 0 Å². The van der Waals surface area contributed by atoms with E-state index in [0.717, 1.165) is 29.7 Å². The van der Waals surface area contributed by atoms with Gasteiger partial charge in [0.05, 0.1) is 12.2 Å². The van der Waals surface area contributed by atoms with Crippen LogP contribution in [-0.2, 0) is 0 Å². The monoisotopic (exact) mass is 469 g/mol. The van der Waals surface area contributed by atoms with Crippen LogP contribution in [0.1, 0.15) is 87.1 Å². The lowest BCUT2D eigenvalue weighted by Crippen LogP contribution is -2.36. The molecule has 3 aliphatic carbocycles. The van der Waals surface area contributed by atoms with E-state index >= 15 is 0 Å². The first-order valence-electron chi connectivity index (χ1n) is 12.6. The number of aromatic nitrogens is 1. The Kier molecular flexibility index (Phi) is 7.42. The molecule has 180 valence electrons. The van der Waals surface area contributed by atoms with Crippen molar-refractivity contribution in [2.24, 2.45) is 23.2 Å². The van der Waals surface area contributed by atoms with E-state index in [-0.39, 0.29) is 11.2 Å². The number of thiazole rings is 1. The molecule has 6 atom stereocenters. The summed E-state index contributed by atoms with van der Waals surface area (Å²) >= 11 is 1.47. The zero-order valence-electron chi connectivity index (χ0n) is 20.3. The third-order valence-corrected chi connectivity index (χ3v) is 9.67. The lowest BCUT2D eigenvalue weighted by Gasteiger charge is -2.44. The smallest absolute Gasteiger partial charge is 0.191 e. The van der Waals surface area contributed by atoms with Gasteiger partial charge in [-0.2, -0.15) is 0 Å². The number of aliphatic hydroxyl groups excluding tert-OH is 2. The van der Waals surface area contributed by atoms with Crippen LogP contribution in [0.15, 0.2) is 40.8 Å². The lowest BCUT2D eigenvalue weighted by molar-refractivity contribution is 0.0854. The Morgan fingerprint density at radius 3 is 2.88 bits per heavy atom. The fourth-order valence-corrected chi connectivity index (χ4v) is 7.59. The van der Waals surface area contributed by atoms with Gasteiger partial charge >= 0.3 is 0 Å². The Morgan fingerprint density at radius 1 is 1.36 bits per heavy atom. The van der Waals surface area contributed by atoms with Gasteiger partial charge < -0.3 is 10.2 Å². The van der Waals surface area contributed by atoms with Crippen molar-refractivity contribution in [3.05, 3.63) is 51.5 Å². The fourth-order valence-electron chi connectivity index (χ4n) is 6.83. The maximum absolute atomic E-state index is 12.6. The van der Waals surface area contributed by atoms with Gasteiger partial charge in [-0.15, -0.1) is 11.3 Å². The van der Waals surface area contributed by atoms with E-state index in [9.17, 15) is 15.0 Å². The fraction of sp³-hybridized carbons (Fsp3) is 0.643. The zero-order valence-corrected chi connectivity index (χ0v) is 21.2. The van der Waals surface area contributed by atoms with Crippen LogP contribution in [0.4, 0.5) is 0 Å². The molecule has 5 heteroatoms. The first kappa shape index (κ1) is 24.6. The van der Waals surface area contributed by atoms with E-state index < -0.39 is 12.2 Å². The highest BCUT2D eigenvalue weighted by atomic mass is 32.1. The van der Waals surface area contributed by atoms with Gasteiger partial charge in [-0.05, 0) is 86.2 Å². The highest BCUT2D eigenvalue weighted by molar-refractivity contribution is 7.11. The maximum atomic E-state index is 12.6. The highest BCUT2D eigenvalue weighted by Gasteiger charge is 2.50. The second-order valence-electron chi connectivity index (χ2n) is 10.9. The molecule has 1 aromatic heterocycles. The third kappa shape index (κ3) is 5.11. The largest absolute Gasteiger partial charge is 0.393 e. The van der Waals surface area contributed by atoms with Gasteiger partial charge in [0.1, 0.15) is 0 Å². The summed E-state index contributed by atoms with van der Waals surface area (Å²) in [4.78, 5) is 17.0. The number of carbonyl (C=O) groups excluding carboxylic acids is 1. The number of hydrogen-bond donors (Lipinski definition) is 2. The maximum Gasteiger partial charge on any atom is 0.191 e. The van der Waals surface area contributed by atoms with Crippen LogP contribution in [0.2, 0.25) is 0 Å². The van der Waals surface area contributed by atoms with Crippen molar-refractivity contribution in [1.82, 2.24) is 4.98 Å². The van der Waals surface area contributed by atoms with Crippen LogP contribution >= 0.6 is 11.3 Å². The summed E-state index contributed by atoms with van der Waals surface area (Å²) in [5.41, 5.74) is 4.47. The quantitative estimate of drug-likeness (QED) is 0.487. The average Bonchev–Trinajstić information content (AvgIpc) is 3.36. The molecule has 0 bridgehead atoms. The molecule has 1 aromatic rings. The van der Waals surface area contributed by atoms with Crippen LogP contribution in [0.5, 0.6) is 0 Å². The summed E-state index contributed by atoms with van der Waals surface area (Å²) in [6, 6.07) is 0. The number of carbonyl (C=O) groups is 1. The van der Waals surface area contributed by atoms with Crippen LogP contribution in [0, 0.1) is 30.1 Å². The first-order chi connectivity index (χ1) is 15.7. The Labute approximate surface area is 202 Å². The average molecular weight is 470 g/mol. The molecule has 3 aliphatic rings. The number of allylic oxidation sites excluding steroid dienone is 3. The summed E-state index contributed by atoms with van der Waals surface area (Å²) in [6.07, 6.45) is 11.8. The molecule has 0 aliphatic heterocycles. The molecular formula is C28H39NO3S. The van der Waals surface area contributed by atoms with E-state index in [0.29, 0.717) is 42.0 Å². The first-order valence-corrected chi connectivity index (χ1v) is 13.5. The van der Waals surface area contributed by atoms with E-state index in [1.165, 1.54) is 42.6 Å². The van der Waals surface area contributed by atoms with Gasteiger partial charge in [0.25, 0.3) is 0 Å². The Bertz CT molecular complexity index is 960. The van der Waals surface area contributed by atoms with Gasteiger partial charge in [0.2, 0.25) is 0 Å². The molecule has 2 N–H and O–H groups in total. The second kappa shape index (κ2) is 9.97. The van der Waals surface area contributed by atoms with Crippen LogP contribution in [0.3, 0.4) is 0 Å². The predicted octanol–water partition coefficient (Wildman–Crippen LogP) is 6.19. The lowest BCUT2D eigenvalue weighted by atomic mass is 9.60. The molecule has 1 heterocycles. The van der Waals surface area contributed by atoms with Crippen molar-refractivity contribution in [3.8, 4) is 0 Å². The van der Waals surface area contributed by atoms with Crippen LogP contribution in [-0.4, -0.2) is 33.2 Å². The molecule has 33 heavy (non-hydrogen) atoms. The summed E-state index contributed by atoms with van der Waals surface area (Å²) < 4.78 is 0. The Morgan fingerprint density at radius 2 is 2.15 bits per heavy atom. The van der Waals surface area contributed by atoms with Crippen LogP contribution < -0.4 is 0 Å². The van der Waals surface area contributed by atoms with Gasteiger partial charge in [0, 0.05) is 23.9 Å². The summed E-state index contributed by atoms with van der Waals surface area (Å²) in [7, 11) is 0. The minimum atomic E-state index is -0.636. The summed E-state index contributed by atoms with van der Waals surface area (Å²) in [5, 5.41) is 22.8. The molecule has 0 saturated heterocycles. The van der Waals surface area contributed by atoms with Crippen LogP contribution in [0.25, 0.3) is 0 Å². The van der Waals surface area contributed by atoms with Crippen molar-refractivity contribution >= 4 is 17.1 Å². The molecule has 4 rings (SSSR count). The van der Waals surface area contributed by atoms with Crippen molar-refractivity contribution in [1.29, 1.82) is 0 Å². The SMILES string of the molecule is C=C1C(=CC=C2CCC[C@]3(C)[C@@H]([C@H](C)CCC(=O)c4nc(C)cs4)CC[C@@H]23)C[C@@H](O)C[C@@H]1O. The molecule has 0 amide bonds. The normalized spacial score (nSPS) is 35.7. The highest BCUT2D eigenvalue weighted by Crippen LogP contribution is 2.59. The molecule has 0 aromatic carbocycles. The van der Waals surface area contributed by atoms with Crippen molar-refractivity contribution < 1.29 is 15.0 Å². The second-order valence-corrected chi connectivity index (χ2v) is 11.8. The van der Waals surface area contributed by atoms with Gasteiger partial charge in [-0.3, -0.25) is 4.79 Å². The summed E-state index contributed by atoms with van der Waals surface area (Å²) in [6.45, 7) is 10.8. The number of rotatable bonds is 6.